The number of methoxy groups -OCH3 is 2. The minimum Gasteiger partial charge on any atom is -0.497 e. The van der Waals surface area contributed by atoms with E-state index in [0.29, 0.717) is 17.0 Å². The first-order valence-electron chi connectivity index (χ1n) is 10.3. The van der Waals surface area contributed by atoms with E-state index in [2.05, 4.69) is 15.8 Å². The van der Waals surface area contributed by atoms with Crippen molar-refractivity contribution in [3.63, 3.8) is 0 Å². The van der Waals surface area contributed by atoms with Crippen molar-refractivity contribution >= 4 is 41.0 Å². The van der Waals surface area contributed by atoms with Crippen LogP contribution in [-0.2, 0) is 4.79 Å². The lowest BCUT2D eigenvalue weighted by Crippen LogP contribution is -2.20. The summed E-state index contributed by atoms with van der Waals surface area (Å²) in [5.74, 6) is 0.0182. The van der Waals surface area contributed by atoms with Crippen molar-refractivity contribution in [3.8, 4) is 17.2 Å². The lowest BCUT2D eigenvalue weighted by atomic mass is 10.2. The van der Waals surface area contributed by atoms with Gasteiger partial charge in [-0.05, 0) is 48.0 Å². The van der Waals surface area contributed by atoms with Crippen LogP contribution in [-0.4, -0.2) is 43.8 Å². The van der Waals surface area contributed by atoms with Gasteiger partial charge in [-0.25, -0.2) is 5.43 Å². The summed E-state index contributed by atoms with van der Waals surface area (Å²) in [6.07, 6.45) is 1.31. The van der Waals surface area contributed by atoms with Crippen LogP contribution < -0.4 is 25.0 Å². The van der Waals surface area contributed by atoms with E-state index in [9.17, 15) is 19.7 Å². The van der Waals surface area contributed by atoms with Gasteiger partial charge in [-0.1, -0.05) is 17.7 Å². The molecule has 12 heteroatoms. The van der Waals surface area contributed by atoms with Crippen LogP contribution in [0.1, 0.15) is 15.9 Å². The summed E-state index contributed by atoms with van der Waals surface area (Å²) < 4.78 is 15.9. The average molecular weight is 513 g/mol. The third kappa shape index (κ3) is 6.93. The van der Waals surface area contributed by atoms with E-state index in [1.54, 1.807) is 37.4 Å². The van der Waals surface area contributed by atoms with Crippen LogP contribution in [0.15, 0.2) is 65.8 Å². The number of carbonyl (C=O) groups is 2. The summed E-state index contributed by atoms with van der Waals surface area (Å²) in [5.41, 5.74) is 3.19. The molecule has 0 saturated carbocycles. The van der Waals surface area contributed by atoms with Crippen molar-refractivity contribution in [2.24, 2.45) is 5.10 Å². The van der Waals surface area contributed by atoms with Gasteiger partial charge in [0.05, 0.1) is 30.4 Å². The molecule has 0 aromatic heterocycles. The highest BCUT2D eigenvalue weighted by Crippen LogP contribution is 2.36. The molecular formula is C24H21ClN4O7. The number of rotatable bonds is 10. The van der Waals surface area contributed by atoms with Gasteiger partial charge in [0.2, 0.25) is 0 Å². The number of non-ortho nitro benzene ring substituents is 1. The minimum atomic E-state index is -0.629. The highest BCUT2D eigenvalue weighted by molar-refractivity contribution is 6.32. The van der Waals surface area contributed by atoms with Gasteiger partial charge in [-0.3, -0.25) is 19.7 Å². The first kappa shape index (κ1) is 26.0. The SMILES string of the molecule is COc1ccc(NC(=O)COc2c(Cl)cc(/C=N/NC(=O)c3cccc([N+](=O)[O-])c3)cc2OC)cc1. The Morgan fingerprint density at radius 2 is 1.83 bits per heavy atom. The van der Waals surface area contributed by atoms with Crippen molar-refractivity contribution in [2.75, 3.05) is 26.1 Å². The fourth-order valence-corrected chi connectivity index (χ4v) is 3.23. The summed E-state index contributed by atoms with van der Waals surface area (Å²) >= 11 is 6.31. The zero-order valence-corrected chi connectivity index (χ0v) is 19.9. The van der Waals surface area contributed by atoms with Crippen molar-refractivity contribution in [1.82, 2.24) is 5.43 Å². The maximum absolute atomic E-state index is 12.2. The molecule has 0 saturated heterocycles. The van der Waals surface area contributed by atoms with E-state index >= 15 is 0 Å². The Morgan fingerprint density at radius 1 is 1.08 bits per heavy atom. The maximum Gasteiger partial charge on any atom is 0.271 e. The number of halogens is 1. The quantitative estimate of drug-likeness (QED) is 0.237. The zero-order chi connectivity index (χ0) is 26.1. The Kier molecular flexibility index (Phi) is 8.79. The van der Waals surface area contributed by atoms with Crippen LogP contribution in [0.2, 0.25) is 5.02 Å². The molecule has 0 unspecified atom stereocenters. The van der Waals surface area contributed by atoms with Crippen LogP contribution >= 0.6 is 11.6 Å². The molecule has 0 bridgehead atoms. The highest BCUT2D eigenvalue weighted by atomic mass is 35.5. The molecule has 186 valence electrons. The second-order valence-electron chi connectivity index (χ2n) is 7.11. The van der Waals surface area contributed by atoms with Gasteiger partial charge < -0.3 is 19.5 Å². The fraction of sp³-hybridized carbons (Fsp3) is 0.125. The second kappa shape index (κ2) is 12.2. The lowest BCUT2D eigenvalue weighted by molar-refractivity contribution is -0.384. The number of benzene rings is 3. The van der Waals surface area contributed by atoms with Gasteiger partial charge in [0.1, 0.15) is 5.75 Å². The van der Waals surface area contributed by atoms with Gasteiger partial charge in [0.15, 0.2) is 18.1 Å². The molecule has 36 heavy (non-hydrogen) atoms. The smallest absolute Gasteiger partial charge is 0.271 e. The van der Waals surface area contributed by atoms with E-state index < -0.39 is 16.7 Å². The van der Waals surface area contributed by atoms with Crippen molar-refractivity contribution in [1.29, 1.82) is 0 Å². The Morgan fingerprint density at radius 3 is 2.50 bits per heavy atom. The van der Waals surface area contributed by atoms with Crippen molar-refractivity contribution in [3.05, 3.63) is 86.9 Å². The number of hydrazone groups is 1. The van der Waals surface area contributed by atoms with E-state index in [1.165, 1.54) is 37.6 Å². The Bertz CT molecular complexity index is 1300. The number of ether oxygens (including phenoxy) is 3. The molecule has 0 aliphatic rings. The number of hydrogen-bond donors (Lipinski definition) is 2. The number of amides is 2. The Balaban J connectivity index is 1.62. The van der Waals surface area contributed by atoms with E-state index in [1.807, 2.05) is 0 Å². The summed E-state index contributed by atoms with van der Waals surface area (Å²) in [7, 11) is 2.95. The third-order valence-corrected chi connectivity index (χ3v) is 4.95. The topological polar surface area (TPSA) is 141 Å². The van der Waals surface area contributed by atoms with Crippen LogP contribution in [0.25, 0.3) is 0 Å². The normalized spacial score (nSPS) is 10.5. The number of nitro groups is 1. The maximum atomic E-state index is 12.2. The van der Waals surface area contributed by atoms with Gasteiger partial charge in [-0.2, -0.15) is 5.10 Å². The second-order valence-corrected chi connectivity index (χ2v) is 7.51. The molecule has 0 atom stereocenters. The van der Waals surface area contributed by atoms with Crippen LogP contribution in [0.5, 0.6) is 17.2 Å². The number of nitrogens with one attached hydrogen (secondary N) is 2. The number of nitrogens with zero attached hydrogens (tertiary/aromatic N) is 2. The number of anilines is 1. The molecule has 3 aromatic carbocycles. The monoisotopic (exact) mass is 512 g/mol. The number of hydrogen-bond acceptors (Lipinski definition) is 8. The van der Waals surface area contributed by atoms with Crippen molar-refractivity contribution < 1.29 is 28.7 Å². The Hall–Kier alpha value is -4.64. The molecule has 11 nitrogen and oxygen atoms in total. The predicted molar refractivity (Wildman–Crippen MR) is 133 cm³/mol. The van der Waals surface area contributed by atoms with Gasteiger partial charge >= 0.3 is 0 Å². The van der Waals surface area contributed by atoms with Gasteiger partial charge in [0.25, 0.3) is 17.5 Å². The predicted octanol–water partition coefficient (Wildman–Crippen LogP) is 4.05. The highest BCUT2D eigenvalue weighted by Gasteiger charge is 2.14. The molecule has 0 heterocycles. The molecule has 0 spiro atoms. The molecule has 3 aromatic rings. The lowest BCUT2D eigenvalue weighted by Gasteiger charge is -2.13. The molecule has 2 N–H and O–H groups in total. The summed E-state index contributed by atoms with van der Waals surface area (Å²) in [6, 6.07) is 15.1. The summed E-state index contributed by atoms with van der Waals surface area (Å²) in [5, 5.41) is 17.6. The van der Waals surface area contributed by atoms with Gasteiger partial charge in [-0.15, -0.1) is 0 Å². The molecule has 0 radical (unpaired) electrons. The standard InChI is InChI=1S/C24H21ClN4O7/c1-34-19-8-6-17(7-9-19)27-22(30)14-36-23-20(25)10-15(11-21(23)35-2)13-26-28-24(31)16-4-3-5-18(12-16)29(32)33/h3-13H,14H2,1-2H3,(H,27,30)(H,28,31)/b26-13+. The first-order chi connectivity index (χ1) is 17.3. The van der Waals surface area contributed by atoms with Crippen molar-refractivity contribution in [2.45, 2.75) is 0 Å². The fourth-order valence-electron chi connectivity index (χ4n) is 2.95. The zero-order valence-electron chi connectivity index (χ0n) is 19.2. The van der Waals surface area contributed by atoms with Crippen LogP contribution in [0, 0.1) is 10.1 Å². The third-order valence-electron chi connectivity index (χ3n) is 4.67. The summed E-state index contributed by atoms with van der Waals surface area (Å²) in [4.78, 5) is 34.7. The molecule has 0 aliphatic heterocycles. The molecule has 0 fully saturated rings. The molecule has 2 amide bonds. The van der Waals surface area contributed by atoms with E-state index in [4.69, 9.17) is 25.8 Å². The minimum absolute atomic E-state index is 0.0774. The van der Waals surface area contributed by atoms with E-state index in [-0.39, 0.29) is 34.4 Å². The first-order valence-corrected chi connectivity index (χ1v) is 10.7. The molecule has 3 rings (SSSR count). The number of carbonyl (C=O) groups excluding carboxylic acids is 2. The van der Waals surface area contributed by atoms with Crippen LogP contribution in [0.3, 0.4) is 0 Å². The largest absolute Gasteiger partial charge is 0.497 e. The van der Waals surface area contributed by atoms with E-state index in [0.717, 1.165) is 6.07 Å². The van der Waals surface area contributed by atoms with Crippen LogP contribution in [0.4, 0.5) is 11.4 Å². The molecule has 0 aliphatic carbocycles. The molecular weight excluding hydrogens is 492 g/mol. The van der Waals surface area contributed by atoms with Gasteiger partial charge in [0, 0.05) is 23.4 Å². The summed E-state index contributed by atoms with van der Waals surface area (Å²) in [6.45, 7) is -0.325. The number of nitro benzene ring substituents is 1. The Labute approximate surface area is 210 Å². The average Bonchev–Trinajstić information content (AvgIpc) is 2.88.